The first kappa shape index (κ1) is 10.2. The molecule has 0 spiro atoms. The van der Waals surface area contributed by atoms with E-state index < -0.39 is 11.9 Å². The van der Waals surface area contributed by atoms with Gasteiger partial charge in [-0.15, -0.1) is 0 Å². The summed E-state index contributed by atoms with van der Waals surface area (Å²) in [5, 5.41) is 8.74. The van der Waals surface area contributed by atoms with Gasteiger partial charge in [-0.1, -0.05) is 6.07 Å². The van der Waals surface area contributed by atoms with Gasteiger partial charge in [0.25, 0.3) is 5.91 Å². The van der Waals surface area contributed by atoms with Crippen LogP contribution in [0.3, 0.4) is 0 Å². The molecule has 2 heterocycles. The van der Waals surface area contributed by atoms with E-state index in [1.165, 1.54) is 24.5 Å². The molecule has 0 aliphatic rings. The highest BCUT2D eigenvalue weighted by Crippen LogP contribution is 1.97. The number of carbonyl (C=O) groups excluding carboxylic acids is 1. The fourth-order valence-corrected chi connectivity index (χ4v) is 1.11. The van der Waals surface area contributed by atoms with Gasteiger partial charge in [0.2, 0.25) is 5.95 Å². The first-order valence-corrected chi connectivity index (χ1v) is 4.51. The second kappa shape index (κ2) is 4.47. The van der Waals surface area contributed by atoms with Gasteiger partial charge in [0, 0.05) is 0 Å². The molecular formula is C9H8FN5O. The number of nitrogens with zero attached hydrogens (tertiary/aromatic N) is 3. The molecular weight excluding hydrogens is 213 g/mol. The lowest BCUT2D eigenvalue weighted by atomic mass is 10.3. The topological polar surface area (TPSA) is 83.6 Å². The molecule has 0 radical (unpaired) electrons. The third-order valence-electron chi connectivity index (χ3n) is 1.83. The summed E-state index contributed by atoms with van der Waals surface area (Å²) >= 11 is 0. The highest BCUT2D eigenvalue weighted by Gasteiger charge is 2.08. The van der Waals surface area contributed by atoms with Crippen molar-refractivity contribution < 1.29 is 9.18 Å². The molecule has 7 heteroatoms. The molecule has 0 fully saturated rings. The Labute approximate surface area is 89.9 Å². The number of aromatic nitrogens is 4. The van der Waals surface area contributed by atoms with E-state index in [1.807, 2.05) is 0 Å². The molecule has 82 valence electrons. The quantitative estimate of drug-likeness (QED) is 0.728. The molecule has 2 aromatic rings. The first-order valence-electron chi connectivity index (χ1n) is 4.51. The Kier molecular flexibility index (Phi) is 2.86. The summed E-state index contributed by atoms with van der Waals surface area (Å²) in [7, 11) is 0. The molecule has 2 rings (SSSR count). The van der Waals surface area contributed by atoms with E-state index >= 15 is 0 Å². The SMILES string of the molecule is O=C(NCc1ncn[nH]1)c1cccc(F)n1. The van der Waals surface area contributed by atoms with Crippen LogP contribution in [0.4, 0.5) is 4.39 Å². The number of hydrogen-bond acceptors (Lipinski definition) is 4. The summed E-state index contributed by atoms with van der Waals surface area (Å²) in [5.74, 6) is -0.632. The van der Waals surface area contributed by atoms with E-state index in [-0.39, 0.29) is 12.2 Å². The Bertz CT molecular complexity index is 484. The molecule has 0 saturated heterocycles. The number of pyridine rings is 1. The largest absolute Gasteiger partial charge is 0.343 e. The van der Waals surface area contributed by atoms with E-state index in [1.54, 1.807) is 0 Å². The Hall–Kier alpha value is -2.31. The number of amides is 1. The maximum Gasteiger partial charge on any atom is 0.270 e. The number of nitrogens with one attached hydrogen (secondary N) is 2. The van der Waals surface area contributed by atoms with Gasteiger partial charge in [0.1, 0.15) is 17.8 Å². The van der Waals surface area contributed by atoms with Crippen molar-refractivity contribution in [3.8, 4) is 0 Å². The second-order valence-electron chi connectivity index (χ2n) is 2.96. The van der Waals surface area contributed by atoms with Crippen molar-refractivity contribution in [1.29, 1.82) is 0 Å². The standard InChI is InChI=1S/C9H8FN5O/c10-7-3-1-2-6(14-7)9(16)11-4-8-12-5-13-15-8/h1-3,5H,4H2,(H,11,16)(H,12,13,15). The van der Waals surface area contributed by atoms with Crippen molar-refractivity contribution >= 4 is 5.91 Å². The van der Waals surface area contributed by atoms with Crippen LogP contribution in [0.5, 0.6) is 0 Å². The molecule has 0 unspecified atom stereocenters. The number of rotatable bonds is 3. The van der Waals surface area contributed by atoms with Crippen LogP contribution in [0.15, 0.2) is 24.5 Å². The zero-order chi connectivity index (χ0) is 11.4. The van der Waals surface area contributed by atoms with Crippen LogP contribution < -0.4 is 5.32 Å². The zero-order valence-electron chi connectivity index (χ0n) is 8.14. The average molecular weight is 221 g/mol. The Morgan fingerprint density at radius 1 is 1.50 bits per heavy atom. The van der Waals surface area contributed by atoms with Gasteiger partial charge in [0.15, 0.2) is 0 Å². The summed E-state index contributed by atoms with van der Waals surface area (Å²) in [6.07, 6.45) is 1.34. The van der Waals surface area contributed by atoms with Crippen molar-refractivity contribution in [3.63, 3.8) is 0 Å². The highest BCUT2D eigenvalue weighted by atomic mass is 19.1. The summed E-state index contributed by atoms with van der Waals surface area (Å²) in [6.45, 7) is 0.191. The molecule has 0 atom stereocenters. The van der Waals surface area contributed by atoms with Gasteiger partial charge in [0.05, 0.1) is 6.54 Å². The maximum absolute atomic E-state index is 12.7. The molecule has 2 N–H and O–H groups in total. The lowest BCUT2D eigenvalue weighted by Gasteiger charge is -2.01. The van der Waals surface area contributed by atoms with Gasteiger partial charge < -0.3 is 5.32 Å². The number of halogens is 1. The fraction of sp³-hybridized carbons (Fsp3) is 0.111. The first-order chi connectivity index (χ1) is 7.75. The van der Waals surface area contributed by atoms with Crippen molar-refractivity contribution in [2.45, 2.75) is 6.54 Å². The van der Waals surface area contributed by atoms with Crippen LogP contribution in [0, 0.1) is 5.95 Å². The van der Waals surface area contributed by atoms with Gasteiger partial charge in [-0.2, -0.15) is 9.49 Å². The Balaban J connectivity index is 1.98. The molecule has 2 aromatic heterocycles. The van der Waals surface area contributed by atoms with Crippen LogP contribution in [0.1, 0.15) is 16.3 Å². The third-order valence-corrected chi connectivity index (χ3v) is 1.83. The molecule has 0 bridgehead atoms. The average Bonchev–Trinajstić information content (AvgIpc) is 2.78. The van der Waals surface area contributed by atoms with E-state index in [2.05, 4.69) is 25.5 Å². The molecule has 16 heavy (non-hydrogen) atoms. The Morgan fingerprint density at radius 2 is 2.38 bits per heavy atom. The molecule has 0 aliphatic carbocycles. The van der Waals surface area contributed by atoms with E-state index in [0.717, 1.165) is 0 Å². The highest BCUT2D eigenvalue weighted by molar-refractivity contribution is 5.92. The monoisotopic (exact) mass is 221 g/mol. The second-order valence-corrected chi connectivity index (χ2v) is 2.96. The van der Waals surface area contributed by atoms with Crippen LogP contribution in [-0.4, -0.2) is 26.1 Å². The van der Waals surface area contributed by atoms with Gasteiger partial charge in [-0.05, 0) is 12.1 Å². The predicted octanol–water partition coefficient (Wildman–Crippen LogP) is 0.269. The van der Waals surface area contributed by atoms with Crippen LogP contribution in [0.25, 0.3) is 0 Å². The lowest BCUT2D eigenvalue weighted by Crippen LogP contribution is -2.24. The minimum absolute atomic E-state index is 0.0273. The number of H-pyrrole nitrogens is 1. The fourth-order valence-electron chi connectivity index (χ4n) is 1.11. The minimum Gasteiger partial charge on any atom is -0.343 e. The smallest absolute Gasteiger partial charge is 0.270 e. The van der Waals surface area contributed by atoms with Gasteiger partial charge in [-0.25, -0.2) is 9.97 Å². The van der Waals surface area contributed by atoms with Crippen molar-refractivity contribution in [1.82, 2.24) is 25.5 Å². The Morgan fingerprint density at radius 3 is 3.06 bits per heavy atom. The number of hydrogen-bond donors (Lipinski definition) is 2. The molecule has 0 saturated carbocycles. The van der Waals surface area contributed by atoms with Gasteiger partial charge >= 0.3 is 0 Å². The van der Waals surface area contributed by atoms with E-state index in [0.29, 0.717) is 5.82 Å². The van der Waals surface area contributed by atoms with Crippen LogP contribution in [-0.2, 0) is 6.54 Å². The van der Waals surface area contributed by atoms with Crippen molar-refractivity contribution in [2.75, 3.05) is 0 Å². The van der Waals surface area contributed by atoms with Crippen LogP contribution >= 0.6 is 0 Å². The summed E-state index contributed by atoms with van der Waals surface area (Å²) in [5.41, 5.74) is 0.0273. The molecule has 1 amide bonds. The molecule has 0 aliphatic heterocycles. The van der Waals surface area contributed by atoms with E-state index in [4.69, 9.17) is 0 Å². The normalized spacial score (nSPS) is 10.1. The third kappa shape index (κ3) is 2.38. The maximum atomic E-state index is 12.7. The summed E-state index contributed by atoms with van der Waals surface area (Å²) in [6, 6.07) is 4.03. The predicted molar refractivity (Wildman–Crippen MR) is 51.7 cm³/mol. The lowest BCUT2D eigenvalue weighted by molar-refractivity contribution is 0.0944. The number of carbonyl (C=O) groups is 1. The molecule has 0 aromatic carbocycles. The minimum atomic E-state index is -0.688. The van der Waals surface area contributed by atoms with Crippen LogP contribution in [0.2, 0.25) is 0 Å². The zero-order valence-corrected chi connectivity index (χ0v) is 8.14. The number of aromatic amines is 1. The molecule has 6 nitrogen and oxygen atoms in total. The summed E-state index contributed by atoms with van der Waals surface area (Å²) in [4.78, 5) is 18.8. The van der Waals surface area contributed by atoms with Crippen molar-refractivity contribution in [3.05, 3.63) is 42.0 Å². The van der Waals surface area contributed by atoms with E-state index in [9.17, 15) is 9.18 Å². The summed E-state index contributed by atoms with van der Waals surface area (Å²) < 4.78 is 12.7. The van der Waals surface area contributed by atoms with Crippen molar-refractivity contribution in [2.24, 2.45) is 0 Å². The van der Waals surface area contributed by atoms with Gasteiger partial charge in [-0.3, -0.25) is 9.89 Å².